The molecule has 0 amide bonds. The molecular formula is C14H16ClF3N2O2S. The lowest BCUT2D eigenvalue weighted by atomic mass is 9.98. The van der Waals surface area contributed by atoms with Gasteiger partial charge in [-0.25, -0.2) is 8.42 Å². The summed E-state index contributed by atoms with van der Waals surface area (Å²) in [6.45, 7) is 0.522. The van der Waals surface area contributed by atoms with Crippen LogP contribution in [0.15, 0.2) is 23.1 Å². The largest absolute Gasteiger partial charge is 0.416 e. The zero-order chi connectivity index (χ0) is 17.0. The van der Waals surface area contributed by atoms with E-state index in [4.69, 9.17) is 17.3 Å². The predicted octanol–water partition coefficient (Wildman–Crippen LogP) is 2.72. The van der Waals surface area contributed by atoms with Crippen LogP contribution in [0.2, 0.25) is 5.02 Å². The average molecular weight is 369 g/mol. The Morgan fingerprint density at radius 1 is 1.22 bits per heavy atom. The van der Waals surface area contributed by atoms with Crippen molar-refractivity contribution >= 4 is 21.6 Å². The molecule has 2 fully saturated rings. The summed E-state index contributed by atoms with van der Waals surface area (Å²) >= 11 is 5.86. The van der Waals surface area contributed by atoms with Crippen LogP contribution < -0.4 is 5.73 Å². The molecule has 2 N–H and O–H groups in total. The number of rotatable bonds is 2. The fourth-order valence-electron chi connectivity index (χ4n) is 3.48. The van der Waals surface area contributed by atoms with Crippen LogP contribution in [-0.2, 0) is 16.2 Å². The van der Waals surface area contributed by atoms with E-state index < -0.39 is 26.7 Å². The third-order valence-corrected chi connectivity index (χ3v) is 7.07. The molecular weight excluding hydrogens is 353 g/mol. The average Bonchev–Trinajstić information content (AvgIpc) is 3.01. The summed E-state index contributed by atoms with van der Waals surface area (Å²) in [7, 11) is -4.07. The summed E-state index contributed by atoms with van der Waals surface area (Å²) in [6.07, 6.45) is -2.93. The number of halogens is 4. The smallest absolute Gasteiger partial charge is 0.327 e. The van der Waals surface area contributed by atoms with E-state index in [9.17, 15) is 21.6 Å². The van der Waals surface area contributed by atoms with Crippen molar-refractivity contribution in [3.63, 3.8) is 0 Å². The maximum Gasteiger partial charge on any atom is 0.416 e. The van der Waals surface area contributed by atoms with E-state index in [1.54, 1.807) is 0 Å². The molecule has 0 bridgehead atoms. The van der Waals surface area contributed by atoms with Gasteiger partial charge in [-0.1, -0.05) is 11.6 Å². The molecule has 4 nitrogen and oxygen atoms in total. The van der Waals surface area contributed by atoms with Crippen LogP contribution >= 0.6 is 11.6 Å². The van der Waals surface area contributed by atoms with Crippen LogP contribution in [0, 0.1) is 11.8 Å². The summed E-state index contributed by atoms with van der Waals surface area (Å²) in [6, 6.07) is 2.29. The molecule has 1 heterocycles. The van der Waals surface area contributed by atoms with Crippen molar-refractivity contribution in [3.05, 3.63) is 28.8 Å². The second-order valence-corrected chi connectivity index (χ2v) is 8.44. The Morgan fingerprint density at radius 2 is 1.91 bits per heavy atom. The second kappa shape index (κ2) is 5.61. The highest BCUT2D eigenvalue weighted by molar-refractivity contribution is 7.89. The van der Waals surface area contributed by atoms with Gasteiger partial charge in [0.25, 0.3) is 0 Å². The summed E-state index contributed by atoms with van der Waals surface area (Å²) in [5, 5.41) is -0.209. The highest BCUT2D eigenvalue weighted by Gasteiger charge is 2.45. The third-order valence-electron chi connectivity index (χ3n) is 4.76. The van der Waals surface area contributed by atoms with Gasteiger partial charge in [0.2, 0.25) is 10.0 Å². The normalized spacial score (nSPS) is 29.0. The van der Waals surface area contributed by atoms with Crippen molar-refractivity contribution in [1.82, 2.24) is 4.31 Å². The summed E-state index contributed by atoms with van der Waals surface area (Å²) < 4.78 is 65.1. The van der Waals surface area contributed by atoms with E-state index in [1.165, 1.54) is 4.31 Å². The highest BCUT2D eigenvalue weighted by Crippen LogP contribution is 2.41. The molecule has 1 aromatic carbocycles. The van der Waals surface area contributed by atoms with Gasteiger partial charge in [-0.05, 0) is 42.9 Å². The summed E-state index contributed by atoms with van der Waals surface area (Å²) in [5.41, 5.74) is 4.95. The zero-order valence-corrected chi connectivity index (χ0v) is 13.6. The lowest BCUT2D eigenvalue weighted by Gasteiger charge is -2.20. The standard InChI is InChI=1S/C14H16ClF3N2O2S/c15-11-3-2-9(14(16,17)18)5-13(11)23(21,22)20-6-8-1-4-12(19)10(8)7-20/h2-3,5,8,10,12H,1,4,6-7,19H2. The number of hydrogen-bond acceptors (Lipinski definition) is 3. The molecule has 128 valence electrons. The molecule has 1 aliphatic carbocycles. The highest BCUT2D eigenvalue weighted by atomic mass is 35.5. The van der Waals surface area contributed by atoms with Crippen LogP contribution in [0.1, 0.15) is 18.4 Å². The van der Waals surface area contributed by atoms with Crippen molar-refractivity contribution in [2.45, 2.75) is 30.0 Å². The Kier molecular flexibility index (Phi) is 4.15. The van der Waals surface area contributed by atoms with Gasteiger partial charge < -0.3 is 5.73 Å². The lowest BCUT2D eigenvalue weighted by Crippen LogP contribution is -2.33. The van der Waals surface area contributed by atoms with E-state index in [0.717, 1.165) is 25.0 Å². The topological polar surface area (TPSA) is 63.4 Å². The van der Waals surface area contributed by atoms with Gasteiger partial charge >= 0.3 is 6.18 Å². The molecule has 1 aliphatic heterocycles. The predicted molar refractivity (Wildman–Crippen MR) is 79.4 cm³/mol. The van der Waals surface area contributed by atoms with Gasteiger partial charge in [-0.2, -0.15) is 17.5 Å². The van der Waals surface area contributed by atoms with Crippen LogP contribution in [0.3, 0.4) is 0 Å². The van der Waals surface area contributed by atoms with Crippen molar-refractivity contribution in [1.29, 1.82) is 0 Å². The maximum absolute atomic E-state index is 12.8. The van der Waals surface area contributed by atoms with Crippen LogP contribution in [0.4, 0.5) is 13.2 Å². The molecule has 3 atom stereocenters. The Hall–Kier alpha value is -0.830. The number of hydrogen-bond donors (Lipinski definition) is 1. The van der Waals surface area contributed by atoms with Gasteiger partial charge in [0.05, 0.1) is 10.6 Å². The monoisotopic (exact) mass is 368 g/mol. The van der Waals surface area contributed by atoms with Crippen molar-refractivity contribution in [2.24, 2.45) is 17.6 Å². The maximum atomic E-state index is 12.8. The molecule has 3 rings (SSSR count). The van der Waals surface area contributed by atoms with Gasteiger partial charge in [-0.3, -0.25) is 0 Å². The third kappa shape index (κ3) is 2.97. The molecule has 1 aromatic rings. The fourth-order valence-corrected chi connectivity index (χ4v) is 5.51. The minimum Gasteiger partial charge on any atom is -0.327 e. The van der Waals surface area contributed by atoms with E-state index >= 15 is 0 Å². The number of benzene rings is 1. The van der Waals surface area contributed by atoms with Crippen molar-refractivity contribution < 1.29 is 21.6 Å². The minimum absolute atomic E-state index is 0.0582. The number of nitrogens with two attached hydrogens (primary N) is 1. The van der Waals surface area contributed by atoms with Crippen molar-refractivity contribution in [2.75, 3.05) is 13.1 Å². The lowest BCUT2D eigenvalue weighted by molar-refractivity contribution is -0.137. The first-order chi connectivity index (χ1) is 10.6. The summed E-state index contributed by atoms with van der Waals surface area (Å²) in [5.74, 6) is 0.235. The molecule has 1 saturated heterocycles. The molecule has 23 heavy (non-hydrogen) atoms. The first-order valence-electron chi connectivity index (χ1n) is 7.23. The molecule has 9 heteroatoms. The molecule has 2 aliphatic rings. The molecule has 0 spiro atoms. The molecule has 0 aromatic heterocycles. The number of nitrogens with zero attached hydrogens (tertiary/aromatic N) is 1. The quantitative estimate of drug-likeness (QED) is 0.873. The summed E-state index contributed by atoms with van der Waals surface area (Å²) in [4.78, 5) is -0.498. The molecule has 1 saturated carbocycles. The first-order valence-corrected chi connectivity index (χ1v) is 9.05. The number of fused-ring (bicyclic) bond motifs is 1. The second-order valence-electron chi connectivity index (χ2n) is 6.13. The van der Waals surface area contributed by atoms with Gasteiger partial charge in [0.1, 0.15) is 4.90 Å². The van der Waals surface area contributed by atoms with Gasteiger partial charge in [0, 0.05) is 19.1 Å². The van der Waals surface area contributed by atoms with E-state index in [-0.39, 0.29) is 36.0 Å². The SMILES string of the molecule is NC1CCC2CN(S(=O)(=O)c3cc(C(F)(F)F)ccc3Cl)CC12. The minimum atomic E-state index is -4.63. The van der Waals surface area contributed by atoms with Crippen LogP contribution in [-0.4, -0.2) is 31.9 Å². The van der Waals surface area contributed by atoms with E-state index in [0.29, 0.717) is 6.07 Å². The molecule has 0 radical (unpaired) electrons. The first kappa shape index (κ1) is 17.0. The van der Waals surface area contributed by atoms with Gasteiger partial charge in [0.15, 0.2) is 0 Å². The van der Waals surface area contributed by atoms with Crippen LogP contribution in [0.25, 0.3) is 0 Å². The molecule has 3 unspecified atom stereocenters. The Balaban J connectivity index is 1.95. The van der Waals surface area contributed by atoms with E-state index in [1.807, 2.05) is 0 Å². The number of alkyl halides is 3. The fraction of sp³-hybridized carbons (Fsp3) is 0.571. The zero-order valence-electron chi connectivity index (χ0n) is 12.1. The van der Waals surface area contributed by atoms with Crippen LogP contribution in [0.5, 0.6) is 0 Å². The Morgan fingerprint density at radius 3 is 2.52 bits per heavy atom. The van der Waals surface area contributed by atoms with Gasteiger partial charge in [-0.15, -0.1) is 0 Å². The van der Waals surface area contributed by atoms with Crippen molar-refractivity contribution in [3.8, 4) is 0 Å². The Bertz CT molecular complexity index is 723. The number of sulfonamides is 1. The van der Waals surface area contributed by atoms with E-state index in [2.05, 4.69) is 0 Å². The Labute approximate surface area is 137 Å².